The van der Waals surface area contributed by atoms with Crippen LogP contribution in [0.2, 0.25) is 0 Å². The first kappa shape index (κ1) is 22.9. The maximum absolute atomic E-state index is 12.5. The summed E-state index contributed by atoms with van der Waals surface area (Å²) < 4.78 is 1.51. The third kappa shape index (κ3) is 6.62. The zero-order chi connectivity index (χ0) is 23.0. The lowest BCUT2D eigenvalue weighted by atomic mass is 10.1. The fourth-order valence-corrected chi connectivity index (χ4v) is 4.27. The molecule has 0 saturated carbocycles. The first-order valence-electron chi connectivity index (χ1n) is 10.9. The Kier molecular flexibility index (Phi) is 7.69. The summed E-state index contributed by atoms with van der Waals surface area (Å²) in [5, 5.41) is 17.4. The van der Waals surface area contributed by atoms with Gasteiger partial charge in [0.2, 0.25) is 11.1 Å². The number of carbonyl (C=O) groups excluding carboxylic acids is 2. The Labute approximate surface area is 196 Å². The van der Waals surface area contributed by atoms with Crippen LogP contribution in [-0.2, 0) is 24.9 Å². The van der Waals surface area contributed by atoms with Crippen LogP contribution in [0.5, 0.6) is 0 Å². The van der Waals surface area contributed by atoms with Crippen molar-refractivity contribution < 1.29 is 9.59 Å². The van der Waals surface area contributed by atoms with Gasteiger partial charge in [0.05, 0.1) is 5.75 Å². The van der Waals surface area contributed by atoms with Crippen molar-refractivity contribution in [2.24, 2.45) is 7.05 Å². The zero-order valence-corrected chi connectivity index (χ0v) is 19.3. The van der Waals surface area contributed by atoms with Crippen LogP contribution in [0.3, 0.4) is 0 Å². The predicted molar refractivity (Wildman–Crippen MR) is 127 cm³/mol. The monoisotopic (exact) mass is 465 g/mol. The summed E-state index contributed by atoms with van der Waals surface area (Å²) in [4.78, 5) is 27.1. The van der Waals surface area contributed by atoms with Gasteiger partial charge in [-0.2, -0.15) is 0 Å². The van der Waals surface area contributed by atoms with E-state index in [1.54, 1.807) is 31.3 Å². The Morgan fingerprint density at radius 2 is 1.70 bits per heavy atom. The van der Waals surface area contributed by atoms with Crippen molar-refractivity contribution >= 4 is 29.3 Å². The highest BCUT2D eigenvalue weighted by atomic mass is 32.2. The number of thioether (sulfide) groups is 1. The number of nitrogens with zero attached hydrogens (tertiary/aromatic N) is 5. The number of aromatic nitrogens is 4. The molecule has 1 aliphatic heterocycles. The van der Waals surface area contributed by atoms with Gasteiger partial charge in [-0.05, 0) is 71.8 Å². The second-order valence-corrected chi connectivity index (χ2v) is 8.92. The van der Waals surface area contributed by atoms with Crippen molar-refractivity contribution in [2.75, 3.05) is 24.2 Å². The van der Waals surface area contributed by atoms with E-state index in [-0.39, 0.29) is 17.6 Å². The Bertz CT molecular complexity index is 1080. The largest absolute Gasteiger partial charge is 0.348 e. The van der Waals surface area contributed by atoms with Gasteiger partial charge in [0.25, 0.3) is 5.91 Å². The minimum absolute atomic E-state index is 0.153. The molecule has 0 radical (unpaired) electrons. The molecule has 0 spiro atoms. The van der Waals surface area contributed by atoms with Crippen molar-refractivity contribution in [2.45, 2.75) is 31.1 Å². The second-order valence-electron chi connectivity index (χ2n) is 7.98. The number of hydrogen-bond acceptors (Lipinski definition) is 7. The van der Waals surface area contributed by atoms with Gasteiger partial charge in [-0.1, -0.05) is 36.0 Å². The molecule has 2 aromatic carbocycles. The predicted octanol–water partition coefficient (Wildman–Crippen LogP) is 2.47. The molecule has 1 aliphatic rings. The smallest absolute Gasteiger partial charge is 0.251 e. The quantitative estimate of drug-likeness (QED) is 0.468. The van der Waals surface area contributed by atoms with Crippen LogP contribution in [0.15, 0.2) is 53.7 Å². The summed E-state index contributed by atoms with van der Waals surface area (Å²) >= 11 is 1.25. The van der Waals surface area contributed by atoms with E-state index in [1.807, 2.05) is 0 Å². The van der Waals surface area contributed by atoms with Crippen LogP contribution in [0.25, 0.3) is 0 Å². The van der Waals surface area contributed by atoms with Crippen molar-refractivity contribution in [1.29, 1.82) is 0 Å². The summed E-state index contributed by atoms with van der Waals surface area (Å²) in [7, 11) is 1.72. The number of anilines is 1. The van der Waals surface area contributed by atoms with Crippen molar-refractivity contribution in [3.63, 3.8) is 0 Å². The number of aryl methyl sites for hydroxylation is 1. The van der Waals surface area contributed by atoms with Crippen LogP contribution < -0.4 is 10.6 Å². The van der Waals surface area contributed by atoms with E-state index < -0.39 is 0 Å². The lowest BCUT2D eigenvalue weighted by Crippen LogP contribution is -2.23. The average Bonchev–Trinajstić information content (AvgIpc) is 3.49. The van der Waals surface area contributed by atoms with Gasteiger partial charge < -0.3 is 10.6 Å². The highest BCUT2D eigenvalue weighted by Gasteiger charge is 2.12. The molecule has 2 heterocycles. The van der Waals surface area contributed by atoms with Crippen molar-refractivity contribution in [3.8, 4) is 0 Å². The summed E-state index contributed by atoms with van der Waals surface area (Å²) in [6.07, 6.45) is 2.58. The van der Waals surface area contributed by atoms with Crippen LogP contribution >= 0.6 is 11.8 Å². The Morgan fingerprint density at radius 1 is 1.00 bits per heavy atom. The number of carbonyl (C=O) groups is 2. The molecule has 1 fully saturated rings. The Morgan fingerprint density at radius 3 is 2.36 bits per heavy atom. The number of amides is 2. The first-order chi connectivity index (χ1) is 16.1. The molecule has 10 heteroatoms. The topological polar surface area (TPSA) is 105 Å². The fraction of sp³-hybridized carbons (Fsp3) is 0.348. The molecule has 2 N–H and O–H groups in total. The van der Waals surface area contributed by atoms with Crippen LogP contribution in [0.4, 0.5) is 5.69 Å². The van der Waals surface area contributed by atoms with E-state index in [0.29, 0.717) is 23.0 Å². The lowest BCUT2D eigenvalue weighted by molar-refractivity contribution is -0.113. The van der Waals surface area contributed by atoms with Crippen molar-refractivity contribution in [3.05, 3.63) is 65.2 Å². The van der Waals surface area contributed by atoms with Gasteiger partial charge in [0.1, 0.15) is 0 Å². The number of likely N-dealkylation sites (tertiary alicyclic amines) is 1. The van der Waals surface area contributed by atoms with Gasteiger partial charge in [0.15, 0.2) is 0 Å². The SMILES string of the molecule is Cn1nnnc1SCC(=O)Nc1ccc(C(=O)NCc2ccc(CN3CCCC3)cc2)cc1. The van der Waals surface area contributed by atoms with E-state index in [4.69, 9.17) is 0 Å². The summed E-state index contributed by atoms with van der Waals surface area (Å²) in [5.41, 5.74) is 3.53. The zero-order valence-electron chi connectivity index (χ0n) is 18.5. The number of hydrogen-bond donors (Lipinski definition) is 2. The van der Waals surface area contributed by atoms with E-state index in [2.05, 4.69) is 55.3 Å². The minimum atomic E-state index is -0.173. The fourth-order valence-electron chi connectivity index (χ4n) is 3.62. The molecular weight excluding hydrogens is 438 g/mol. The molecule has 2 amide bonds. The highest BCUT2D eigenvalue weighted by Crippen LogP contribution is 2.15. The lowest BCUT2D eigenvalue weighted by Gasteiger charge is -2.14. The van der Waals surface area contributed by atoms with Crippen LogP contribution in [0.1, 0.15) is 34.3 Å². The van der Waals surface area contributed by atoms with Gasteiger partial charge in [-0.3, -0.25) is 14.5 Å². The minimum Gasteiger partial charge on any atom is -0.348 e. The van der Waals surface area contributed by atoms with E-state index in [9.17, 15) is 9.59 Å². The molecule has 1 saturated heterocycles. The molecule has 9 nitrogen and oxygen atoms in total. The molecule has 0 unspecified atom stereocenters. The molecule has 33 heavy (non-hydrogen) atoms. The standard InChI is InChI=1S/C23H27N7O2S/c1-29-23(26-27-28-29)33-16-21(31)25-20-10-8-19(9-11-20)22(32)24-14-17-4-6-18(7-5-17)15-30-12-2-3-13-30/h4-11H,2-3,12-16H2,1H3,(H,24,32)(H,25,31). The maximum atomic E-state index is 12.5. The summed E-state index contributed by atoms with van der Waals surface area (Å²) in [5.74, 6) is -0.138. The second kappa shape index (κ2) is 11.1. The number of rotatable bonds is 9. The average molecular weight is 466 g/mol. The number of nitrogens with one attached hydrogen (secondary N) is 2. The first-order valence-corrected chi connectivity index (χ1v) is 11.9. The van der Waals surface area contributed by atoms with Gasteiger partial charge in [-0.15, -0.1) is 5.10 Å². The van der Waals surface area contributed by atoms with E-state index >= 15 is 0 Å². The highest BCUT2D eigenvalue weighted by molar-refractivity contribution is 7.99. The molecule has 1 aromatic heterocycles. The van der Waals surface area contributed by atoms with Crippen LogP contribution in [0, 0.1) is 0 Å². The summed E-state index contributed by atoms with van der Waals surface area (Å²) in [6, 6.07) is 15.2. The van der Waals surface area contributed by atoms with Gasteiger partial charge in [0, 0.05) is 31.4 Å². The molecule has 4 rings (SSSR count). The summed E-state index contributed by atoms with van der Waals surface area (Å²) in [6.45, 7) is 3.82. The molecule has 172 valence electrons. The van der Waals surface area contributed by atoms with E-state index in [1.165, 1.54) is 47.9 Å². The maximum Gasteiger partial charge on any atom is 0.251 e. The third-order valence-corrected chi connectivity index (χ3v) is 6.44. The Hall–Kier alpha value is -3.24. The molecule has 0 bridgehead atoms. The van der Waals surface area contributed by atoms with Gasteiger partial charge >= 0.3 is 0 Å². The normalized spacial score (nSPS) is 13.7. The number of tetrazole rings is 1. The van der Waals surface area contributed by atoms with Gasteiger partial charge in [-0.25, -0.2) is 4.68 Å². The Balaban J connectivity index is 1.21. The van der Waals surface area contributed by atoms with E-state index in [0.717, 1.165) is 12.1 Å². The molecule has 0 atom stereocenters. The third-order valence-electron chi connectivity index (χ3n) is 5.43. The van der Waals surface area contributed by atoms with Crippen molar-refractivity contribution in [1.82, 2.24) is 30.4 Å². The molecule has 3 aromatic rings. The van der Waals surface area contributed by atoms with Crippen LogP contribution in [-0.4, -0.2) is 55.8 Å². The number of benzene rings is 2. The molecule has 0 aliphatic carbocycles. The molecular formula is C23H27N7O2S.